The second kappa shape index (κ2) is 4.34. The molecule has 2 N–H and O–H groups in total. The lowest BCUT2D eigenvalue weighted by Gasteiger charge is -2.08. The fourth-order valence-electron chi connectivity index (χ4n) is 1.23. The van der Waals surface area contributed by atoms with Gasteiger partial charge < -0.3 is 10.5 Å². The molecule has 1 unspecified atom stereocenters. The van der Waals surface area contributed by atoms with E-state index in [0.717, 1.165) is 18.1 Å². The molecule has 0 amide bonds. The summed E-state index contributed by atoms with van der Waals surface area (Å²) in [5.74, 6) is 1.57. The second-order valence-electron chi connectivity index (χ2n) is 3.03. The van der Waals surface area contributed by atoms with Gasteiger partial charge in [-0.1, -0.05) is 0 Å². The molecule has 0 aliphatic heterocycles. The van der Waals surface area contributed by atoms with Crippen molar-refractivity contribution < 1.29 is 4.74 Å². The average molecular weight is 184 g/mol. The number of ether oxygens (including phenoxy) is 1. The summed E-state index contributed by atoms with van der Waals surface area (Å²) in [4.78, 5) is 4.23. The van der Waals surface area contributed by atoms with Crippen LogP contribution in [0.15, 0.2) is 0 Å². The number of hydrogen-bond donors (Lipinski definition) is 1. The third-order valence-corrected chi connectivity index (χ3v) is 1.87. The third-order valence-electron chi connectivity index (χ3n) is 1.87. The van der Waals surface area contributed by atoms with Gasteiger partial charge in [0.25, 0.3) is 0 Å². The third kappa shape index (κ3) is 2.50. The van der Waals surface area contributed by atoms with Crippen LogP contribution >= 0.6 is 0 Å². The Labute approximate surface area is 77.9 Å². The summed E-state index contributed by atoms with van der Waals surface area (Å²) < 4.78 is 6.66. The first-order valence-electron chi connectivity index (χ1n) is 4.27. The first kappa shape index (κ1) is 10.1. The Hall–Kier alpha value is -0.940. The van der Waals surface area contributed by atoms with Crippen LogP contribution in [0, 0.1) is 6.92 Å². The molecule has 1 atom stereocenters. The van der Waals surface area contributed by atoms with E-state index in [0.29, 0.717) is 6.61 Å². The number of hydrogen-bond acceptors (Lipinski definition) is 4. The normalized spacial score (nSPS) is 13.2. The molecular weight excluding hydrogens is 168 g/mol. The van der Waals surface area contributed by atoms with E-state index in [4.69, 9.17) is 10.5 Å². The van der Waals surface area contributed by atoms with E-state index in [1.165, 1.54) is 0 Å². The maximum atomic E-state index is 5.89. The SMILES string of the molecule is COCCC(N)c1nc(C)nn1C. The maximum Gasteiger partial charge on any atom is 0.147 e. The van der Waals surface area contributed by atoms with Crippen LogP contribution in [0.5, 0.6) is 0 Å². The molecule has 1 aromatic heterocycles. The quantitative estimate of drug-likeness (QED) is 0.724. The van der Waals surface area contributed by atoms with Gasteiger partial charge in [-0.15, -0.1) is 0 Å². The summed E-state index contributed by atoms with van der Waals surface area (Å²) in [7, 11) is 3.51. The summed E-state index contributed by atoms with van der Waals surface area (Å²) in [5.41, 5.74) is 5.89. The van der Waals surface area contributed by atoms with Crippen LogP contribution in [0.2, 0.25) is 0 Å². The molecular formula is C8H16N4O. The summed E-state index contributed by atoms with van der Waals surface area (Å²) in [5, 5.41) is 4.12. The van der Waals surface area contributed by atoms with Crippen molar-refractivity contribution in [2.24, 2.45) is 12.8 Å². The minimum absolute atomic E-state index is 0.0915. The zero-order valence-corrected chi connectivity index (χ0v) is 8.32. The zero-order chi connectivity index (χ0) is 9.84. The van der Waals surface area contributed by atoms with Gasteiger partial charge in [0.05, 0.1) is 6.04 Å². The molecule has 0 fully saturated rings. The van der Waals surface area contributed by atoms with Gasteiger partial charge in [-0.3, -0.25) is 4.68 Å². The van der Waals surface area contributed by atoms with E-state index in [1.54, 1.807) is 11.8 Å². The van der Waals surface area contributed by atoms with Gasteiger partial charge in [-0.25, -0.2) is 4.98 Å². The minimum atomic E-state index is -0.0915. The minimum Gasteiger partial charge on any atom is -0.385 e. The molecule has 0 bridgehead atoms. The Morgan fingerprint density at radius 3 is 2.77 bits per heavy atom. The summed E-state index contributed by atoms with van der Waals surface area (Å²) in [6.45, 7) is 2.50. The first-order chi connectivity index (χ1) is 6.15. The molecule has 0 radical (unpaired) electrons. The van der Waals surface area contributed by atoms with Crippen LogP contribution in [-0.2, 0) is 11.8 Å². The molecule has 1 heterocycles. The Kier molecular flexibility index (Phi) is 3.39. The molecule has 0 saturated heterocycles. The number of rotatable bonds is 4. The molecule has 0 aromatic carbocycles. The van der Waals surface area contributed by atoms with E-state index >= 15 is 0 Å². The molecule has 5 heteroatoms. The van der Waals surface area contributed by atoms with E-state index in [1.807, 2.05) is 14.0 Å². The molecule has 74 valence electrons. The predicted molar refractivity (Wildman–Crippen MR) is 49.2 cm³/mol. The van der Waals surface area contributed by atoms with Gasteiger partial charge in [0.1, 0.15) is 11.6 Å². The lowest BCUT2D eigenvalue weighted by atomic mass is 10.2. The maximum absolute atomic E-state index is 5.89. The Bertz CT molecular complexity index is 271. The Morgan fingerprint density at radius 2 is 2.31 bits per heavy atom. The van der Waals surface area contributed by atoms with Gasteiger partial charge in [0.2, 0.25) is 0 Å². The molecule has 0 spiro atoms. The standard InChI is InChI=1S/C8H16N4O/c1-6-10-8(12(2)11-6)7(9)4-5-13-3/h7H,4-5,9H2,1-3H3. The van der Waals surface area contributed by atoms with Gasteiger partial charge in [0.15, 0.2) is 0 Å². The van der Waals surface area contributed by atoms with Crippen LogP contribution in [-0.4, -0.2) is 28.5 Å². The van der Waals surface area contributed by atoms with Gasteiger partial charge in [-0.05, 0) is 13.3 Å². The van der Waals surface area contributed by atoms with E-state index in [-0.39, 0.29) is 6.04 Å². The van der Waals surface area contributed by atoms with Crippen molar-refractivity contribution in [3.63, 3.8) is 0 Å². The highest BCUT2D eigenvalue weighted by Gasteiger charge is 2.12. The number of aryl methyl sites for hydroxylation is 2. The second-order valence-corrected chi connectivity index (χ2v) is 3.03. The van der Waals surface area contributed by atoms with Crippen molar-refractivity contribution in [3.8, 4) is 0 Å². The van der Waals surface area contributed by atoms with Crippen LogP contribution in [0.25, 0.3) is 0 Å². The van der Waals surface area contributed by atoms with E-state index in [9.17, 15) is 0 Å². The lowest BCUT2D eigenvalue weighted by molar-refractivity contribution is 0.186. The highest BCUT2D eigenvalue weighted by Crippen LogP contribution is 2.10. The molecule has 1 rings (SSSR count). The largest absolute Gasteiger partial charge is 0.385 e. The Balaban J connectivity index is 2.64. The van der Waals surface area contributed by atoms with Crippen molar-refractivity contribution in [2.45, 2.75) is 19.4 Å². The summed E-state index contributed by atoms with van der Waals surface area (Å²) in [6.07, 6.45) is 0.766. The number of methoxy groups -OCH3 is 1. The number of aromatic nitrogens is 3. The van der Waals surface area contributed by atoms with Crippen LogP contribution in [0.3, 0.4) is 0 Å². The van der Waals surface area contributed by atoms with Gasteiger partial charge >= 0.3 is 0 Å². The fourth-order valence-corrected chi connectivity index (χ4v) is 1.23. The van der Waals surface area contributed by atoms with Gasteiger partial charge in [-0.2, -0.15) is 5.10 Å². The van der Waals surface area contributed by atoms with Crippen LogP contribution < -0.4 is 5.73 Å². The highest BCUT2D eigenvalue weighted by atomic mass is 16.5. The summed E-state index contributed by atoms with van der Waals surface area (Å²) >= 11 is 0. The van der Waals surface area contributed by atoms with Crippen molar-refractivity contribution in [2.75, 3.05) is 13.7 Å². The Morgan fingerprint density at radius 1 is 1.62 bits per heavy atom. The predicted octanol–water partition coefficient (Wildman–Crippen LogP) is 0.160. The molecule has 0 aliphatic carbocycles. The van der Waals surface area contributed by atoms with Crippen molar-refractivity contribution in [1.82, 2.24) is 14.8 Å². The van der Waals surface area contributed by atoms with Crippen LogP contribution in [0.1, 0.15) is 24.1 Å². The fraction of sp³-hybridized carbons (Fsp3) is 0.750. The topological polar surface area (TPSA) is 66.0 Å². The van der Waals surface area contributed by atoms with Crippen molar-refractivity contribution >= 4 is 0 Å². The smallest absolute Gasteiger partial charge is 0.147 e. The van der Waals surface area contributed by atoms with Gasteiger partial charge in [0, 0.05) is 20.8 Å². The number of nitrogens with two attached hydrogens (primary N) is 1. The highest BCUT2D eigenvalue weighted by molar-refractivity contribution is 4.96. The molecule has 13 heavy (non-hydrogen) atoms. The van der Waals surface area contributed by atoms with Crippen molar-refractivity contribution in [3.05, 3.63) is 11.6 Å². The average Bonchev–Trinajstić information content (AvgIpc) is 2.41. The number of nitrogens with zero attached hydrogens (tertiary/aromatic N) is 3. The molecule has 0 saturated carbocycles. The molecule has 0 aliphatic rings. The molecule has 5 nitrogen and oxygen atoms in total. The van der Waals surface area contributed by atoms with Crippen LogP contribution in [0.4, 0.5) is 0 Å². The van der Waals surface area contributed by atoms with E-state index < -0.39 is 0 Å². The lowest BCUT2D eigenvalue weighted by Crippen LogP contribution is -2.17. The van der Waals surface area contributed by atoms with E-state index in [2.05, 4.69) is 10.1 Å². The monoisotopic (exact) mass is 184 g/mol. The first-order valence-corrected chi connectivity index (χ1v) is 4.27. The van der Waals surface area contributed by atoms with Crippen molar-refractivity contribution in [1.29, 1.82) is 0 Å². The summed E-state index contributed by atoms with van der Waals surface area (Å²) in [6, 6.07) is -0.0915. The molecule has 1 aromatic rings. The zero-order valence-electron chi connectivity index (χ0n) is 8.32.